The number of ether oxygens (including phenoxy) is 1. The molecular weight excluding hydrogens is 378 g/mol. The quantitative estimate of drug-likeness (QED) is 0.511. The lowest BCUT2D eigenvalue weighted by atomic mass is 10.0. The number of fused-ring (bicyclic) bond motifs is 1. The predicted octanol–water partition coefficient (Wildman–Crippen LogP) is 4.17. The van der Waals surface area contributed by atoms with Crippen LogP contribution in [-0.2, 0) is 6.61 Å². The molecular formula is C24H19N3O3. The monoisotopic (exact) mass is 397 g/mol. The topological polar surface area (TPSA) is 94.3 Å². The van der Waals surface area contributed by atoms with Crippen LogP contribution in [0.5, 0.6) is 5.75 Å². The Hall–Kier alpha value is -4.19. The minimum atomic E-state index is -0.564. The zero-order valence-electron chi connectivity index (χ0n) is 16.0. The molecule has 4 rings (SSSR count). The number of pyridine rings is 1. The van der Waals surface area contributed by atoms with E-state index in [-0.39, 0.29) is 18.1 Å². The van der Waals surface area contributed by atoms with Gasteiger partial charge in [-0.3, -0.25) is 14.6 Å². The molecule has 3 aromatic carbocycles. The van der Waals surface area contributed by atoms with Crippen molar-refractivity contribution in [2.75, 3.05) is 5.32 Å². The number of carbonyl (C=O) groups excluding carboxylic acids is 2. The molecule has 0 aliphatic heterocycles. The van der Waals surface area contributed by atoms with Gasteiger partial charge in [0.1, 0.15) is 12.4 Å². The minimum Gasteiger partial charge on any atom is -0.487 e. The van der Waals surface area contributed by atoms with Crippen LogP contribution in [0.15, 0.2) is 85.2 Å². The largest absolute Gasteiger partial charge is 0.487 e. The van der Waals surface area contributed by atoms with E-state index in [0.29, 0.717) is 17.0 Å². The Bertz CT molecular complexity index is 1230. The summed E-state index contributed by atoms with van der Waals surface area (Å²) in [5.41, 5.74) is 7.68. The molecule has 0 radical (unpaired) electrons. The second kappa shape index (κ2) is 8.45. The van der Waals surface area contributed by atoms with E-state index >= 15 is 0 Å². The molecule has 6 heteroatoms. The van der Waals surface area contributed by atoms with E-state index in [2.05, 4.69) is 10.3 Å². The lowest BCUT2D eigenvalue weighted by Gasteiger charge is -2.10. The average molecular weight is 397 g/mol. The van der Waals surface area contributed by atoms with Crippen molar-refractivity contribution in [2.24, 2.45) is 5.73 Å². The van der Waals surface area contributed by atoms with Gasteiger partial charge in [0.2, 0.25) is 5.91 Å². The van der Waals surface area contributed by atoms with Crippen LogP contribution in [0, 0.1) is 0 Å². The number of nitrogens with one attached hydrogen (secondary N) is 1. The van der Waals surface area contributed by atoms with Gasteiger partial charge in [-0.2, -0.15) is 0 Å². The maximum atomic E-state index is 12.8. The zero-order valence-corrected chi connectivity index (χ0v) is 16.0. The van der Waals surface area contributed by atoms with Crippen LogP contribution in [0.3, 0.4) is 0 Å². The second-order valence-electron chi connectivity index (χ2n) is 6.74. The second-order valence-corrected chi connectivity index (χ2v) is 6.74. The number of carbonyl (C=O) groups is 2. The molecule has 0 spiro atoms. The van der Waals surface area contributed by atoms with Crippen molar-refractivity contribution in [3.05, 3.63) is 102 Å². The van der Waals surface area contributed by atoms with Gasteiger partial charge in [-0.05, 0) is 40.6 Å². The molecule has 0 bridgehead atoms. The van der Waals surface area contributed by atoms with Crippen molar-refractivity contribution >= 4 is 28.3 Å². The summed E-state index contributed by atoms with van der Waals surface area (Å²) in [6, 6.07) is 22.4. The normalized spacial score (nSPS) is 10.5. The van der Waals surface area contributed by atoms with Crippen molar-refractivity contribution in [3.63, 3.8) is 0 Å². The number of aromatic nitrogens is 1. The van der Waals surface area contributed by atoms with Crippen LogP contribution in [0.4, 0.5) is 5.69 Å². The molecule has 2 amide bonds. The Morgan fingerprint density at radius 3 is 2.60 bits per heavy atom. The molecule has 0 aliphatic rings. The number of benzene rings is 3. The Morgan fingerprint density at radius 1 is 0.933 bits per heavy atom. The van der Waals surface area contributed by atoms with Gasteiger partial charge >= 0.3 is 0 Å². The van der Waals surface area contributed by atoms with Gasteiger partial charge in [-0.25, -0.2) is 0 Å². The Kier molecular flexibility index (Phi) is 5.39. The van der Waals surface area contributed by atoms with E-state index in [0.717, 1.165) is 16.3 Å². The molecule has 0 atom stereocenters. The molecule has 148 valence electrons. The predicted molar refractivity (Wildman–Crippen MR) is 115 cm³/mol. The fourth-order valence-electron chi connectivity index (χ4n) is 3.16. The fourth-order valence-corrected chi connectivity index (χ4v) is 3.16. The third-order valence-electron chi connectivity index (χ3n) is 4.62. The van der Waals surface area contributed by atoms with Gasteiger partial charge in [0.15, 0.2) is 0 Å². The Morgan fingerprint density at radius 2 is 1.73 bits per heavy atom. The highest BCUT2D eigenvalue weighted by atomic mass is 16.5. The number of rotatable bonds is 6. The van der Waals surface area contributed by atoms with E-state index in [1.807, 2.05) is 66.7 Å². The summed E-state index contributed by atoms with van der Waals surface area (Å²) in [4.78, 5) is 28.0. The molecule has 3 N–H and O–H groups in total. The molecule has 0 fully saturated rings. The molecule has 1 heterocycles. The summed E-state index contributed by atoms with van der Waals surface area (Å²) in [7, 11) is 0. The number of amides is 2. The van der Waals surface area contributed by atoms with Crippen LogP contribution in [0.2, 0.25) is 0 Å². The average Bonchev–Trinajstić information content (AvgIpc) is 2.77. The lowest BCUT2D eigenvalue weighted by molar-refractivity contribution is 0.0997. The first-order valence-electron chi connectivity index (χ1n) is 9.36. The van der Waals surface area contributed by atoms with Crippen LogP contribution < -0.4 is 15.8 Å². The van der Waals surface area contributed by atoms with Gasteiger partial charge < -0.3 is 15.8 Å². The number of anilines is 1. The zero-order chi connectivity index (χ0) is 20.9. The summed E-state index contributed by atoms with van der Waals surface area (Å²) in [6.07, 6.45) is 2.90. The smallest absolute Gasteiger partial charge is 0.256 e. The van der Waals surface area contributed by atoms with Gasteiger partial charge in [0, 0.05) is 17.4 Å². The van der Waals surface area contributed by atoms with E-state index < -0.39 is 5.91 Å². The summed E-state index contributed by atoms with van der Waals surface area (Å²) in [6.45, 7) is 0.252. The standard InChI is InChI=1S/C24H19N3O3/c25-23(28)18-12-20(14-26-13-18)30-15-16-5-3-8-19(11-16)27-24(29)22-10-4-7-17-6-1-2-9-21(17)22/h1-14H,15H2,(H2,25,28)(H,27,29). The van der Waals surface area contributed by atoms with Crippen molar-refractivity contribution in [3.8, 4) is 5.75 Å². The Balaban J connectivity index is 1.47. The summed E-state index contributed by atoms with van der Waals surface area (Å²) < 4.78 is 5.70. The van der Waals surface area contributed by atoms with Crippen LogP contribution in [-0.4, -0.2) is 16.8 Å². The van der Waals surface area contributed by atoms with Crippen molar-refractivity contribution in [2.45, 2.75) is 6.61 Å². The van der Waals surface area contributed by atoms with Gasteiger partial charge in [-0.1, -0.05) is 48.5 Å². The van der Waals surface area contributed by atoms with Crippen LogP contribution in [0.1, 0.15) is 26.3 Å². The third-order valence-corrected chi connectivity index (χ3v) is 4.62. The van der Waals surface area contributed by atoms with E-state index in [1.54, 1.807) is 6.07 Å². The molecule has 0 saturated carbocycles. The summed E-state index contributed by atoms with van der Waals surface area (Å²) in [5, 5.41) is 4.86. The first kappa shape index (κ1) is 19.1. The van der Waals surface area contributed by atoms with E-state index in [9.17, 15) is 9.59 Å². The number of nitrogens with two attached hydrogens (primary N) is 1. The highest BCUT2D eigenvalue weighted by molar-refractivity contribution is 6.12. The molecule has 0 saturated heterocycles. The van der Waals surface area contributed by atoms with Gasteiger partial charge in [-0.15, -0.1) is 0 Å². The molecule has 0 unspecified atom stereocenters. The molecule has 1 aromatic heterocycles. The first-order chi connectivity index (χ1) is 14.6. The first-order valence-corrected chi connectivity index (χ1v) is 9.36. The van der Waals surface area contributed by atoms with Crippen LogP contribution in [0.25, 0.3) is 10.8 Å². The van der Waals surface area contributed by atoms with Crippen molar-refractivity contribution in [1.29, 1.82) is 0 Å². The van der Waals surface area contributed by atoms with Crippen LogP contribution >= 0.6 is 0 Å². The van der Waals surface area contributed by atoms with E-state index in [1.165, 1.54) is 12.4 Å². The number of primary amides is 1. The molecule has 30 heavy (non-hydrogen) atoms. The number of nitrogens with zero attached hydrogens (tertiary/aromatic N) is 1. The SMILES string of the molecule is NC(=O)c1cncc(OCc2cccc(NC(=O)c3cccc4ccccc34)c2)c1. The highest BCUT2D eigenvalue weighted by Crippen LogP contribution is 2.21. The van der Waals surface area contributed by atoms with Crippen molar-refractivity contribution in [1.82, 2.24) is 4.98 Å². The number of hydrogen-bond acceptors (Lipinski definition) is 4. The number of hydrogen-bond donors (Lipinski definition) is 2. The summed E-state index contributed by atoms with van der Waals surface area (Å²) in [5.74, 6) is -0.300. The molecule has 0 aliphatic carbocycles. The van der Waals surface area contributed by atoms with E-state index in [4.69, 9.17) is 10.5 Å². The highest BCUT2D eigenvalue weighted by Gasteiger charge is 2.10. The molecule has 6 nitrogen and oxygen atoms in total. The summed E-state index contributed by atoms with van der Waals surface area (Å²) >= 11 is 0. The minimum absolute atomic E-state index is 0.178. The fraction of sp³-hybridized carbons (Fsp3) is 0.0417. The van der Waals surface area contributed by atoms with Gasteiger partial charge in [0.25, 0.3) is 5.91 Å². The third kappa shape index (κ3) is 4.28. The maximum Gasteiger partial charge on any atom is 0.256 e. The molecule has 4 aromatic rings. The lowest BCUT2D eigenvalue weighted by Crippen LogP contribution is -2.12. The van der Waals surface area contributed by atoms with Crippen molar-refractivity contribution < 1.29 is 14.3 Å². The van der Waals surface area contributed by atoms with Gasteiger partial charge in [0.05, 0.1) is 11.8 Å². The maximum absolute atomic E-state index is 12.8. The Labute approximate surface area is 173 Å².